The first-order valence-electron chi connectivity index (χ1n) is 6.10. The summed E-state index contributed by atoms with van der Waals surface area (Å²) in [5.74, 6) is 0.310. The van der Waals surface area contributed by atoms with Gasteiger partial charge in [-0.05, 0) is 30.4 Å². The molecule has 1 aliphatic rings. The molecule has 1 unspecified atom stereocenters. The zero-order valence-corrected chi connectivity index (χ0v) is 10.5. The molecule has 0 aliphatic heterocycles. The maximum atomic E-state index is 12.5. The maximum absolute atomic E-state index is 12.5. The van der Waals surface area contributed by atoms with Crippen LogP contribution in [-0.2, 0) is 6.18 Å². The highest BCUT2D eigenvalue weighted by atomic mass is 19.4. The Bertz CT molecular complexity index is 426. The van der Waals surface area contributed by atoms with E-state index in [4.69, 9.17) is 0 Å². The normalized spacial score (nSPS) is 23.1. The fraction of sp³-hybridized carbons (Fsp3) is 0.615. The van der Waals surface area contributed by atoms with Crippen LogP contribution in [0.5, 0.6) is 0 Å². The second-order valence-corrected chi connectivity index (χ2v) is 5.48. The lowest BCUT2D eigenvalue weighted by Gasteiger charge is -2.28. The number of hydrogen-bond donors (Lipinski definition) is 1. The van der Waals surface area contributed by atoms with Crippen molar-refractivity contribution in [1.82, 2.24) is 4.98 Å². The number of aromatic nitrogens is 1. The van der Waals surface area contributed by atoms with Gasteiger partial charge in [-0.25, -0.2) is 4.98 Å². The van der Waals surface area contributed by atoms with E-state index in [0.29, 0.717) is 5.82 Å². The van der Waals surface area contributed by atoms with Gasteiger partial charge in [-0.15, -0.1) is 0 Å². The molecule has 1 atom stereocenters. The minimum atomic E-state index is -4.39. The molecule has 0 bridgehead atoms. The maximum Gasteiger partial charge on any atom is 0.433 e. The lowest BCUT2D eigenvalue weighted by molar-refractivity contribution is -0.141. The van der Waals surface area contributed by atoms with Gasteiger partial charge in [0.25, 0.3) is 0 Å². The predicted molar refractivity (Wildman–Crippen MR) is 64.3 cm³/mol. The topological polar surface area (TPSA) is 24.9 Å². The first kappa shape index (κ1) is 13.2. The minimum Gasteiger partial charge on any atom is -0.367 e. The number of hydrogen-bond acceptors (Lipinski definition) is 2. The summed E-state index contributed by atoms with van der Waals surface area (Å²) in [5.41, 5.74) is -0.737. The van der Waals surface area contributed by atoms with Gasteiger partial charge >= 0.3 is 6.18 Å². The van der Waals surface area contributed by atoms with Crippen molar-refractivity contribution in [2.75, 3.05) is 5.32 Å². The third-order valence-electron chi connectivity index (χ3n) is 3.62. The van der Waals surface area contributed by atoms with E-state index in [-0.39, 0.29) is 11.5 Å². The Labute approximate surface area is 105 Å². The van der Waals surface area contributed by atoms with E-state index in [1.54, 1.807) is 6.07 Å². The summed E-state index contributed by atoms with van der Waals surface area (Å²) in [6.07, 6.45) is -1.22. The van der Waals surface area contributed by atoms with Crippen molar-refractivity contribution in [3.05, 3.63) is 23.9 Å². The van der Waals surface area contributed by atoms with Gasteiger partial charge in [0.15, 0.2) is 0 Å². The zero-order chi connectivity index (χ0) is 13.4. The lowest BCUT2D eigenvalue weighted by atomic mass is 9.87. The van der Waals surface area contributed by atoms with E-state index in [1.165, 1.54) is 6.07 Å². The van der Waals surface area contributed by atoms with E-state index in [9.17, 15) is 13.2 Å². The van der Waals surface area contributed by atoms with Crippen molar-refractivity contribution in [3.8, 4) is 0 Å². The molecular formula is C13H17F3N2. The van der Waals surface area contributed by atoms with Gasteiger partial charge < -0.3 is 5.32 Å². The number of nitrogens with zero attached hydrogens (tertiary/aromatic N) is 1. The molecule has 0 amide bonds. The van der Waals surface area contributed by atoms with Gasteiger partial charge in [0.05, 0.1) is 0 Å². The van der Waals surface area contributed by atoms with Gasteiger partial charge in [0.1, 0.15) is 11.5 Å². The molecule has 2 nitrogen and oxygen atoms in total. The summed E-state index contributed by atoms with van der Waals surface area (Å²) < 4.78 is 37.6. The fourth-order valence-corrected chi connectivity index (χ4v) is 2.45. The molecule has 1 aromatic heterocycles. The molecule has 5 heteroatoms. The molecule has 1 aliphatic carbocycles. The summed E-state index contributed by atoms with van der Waals surface area (Å²) in [6.45, 7) is 4.26. The number of nitrogens with one attached hydrogen (secondary N) is 1. The van der Waals surface area contributed by atoms with Crippen LogP contribution in [0.2, 0.25) is 0 Å². The molecule has 1 N–H and O–H groups in total. The molecular weight excluding hydrogens is 241 g/mol. The van der Waals surface area contributed by atoms with Crippen molar-refractivity contribution in [1.29, 1.82) is 0 Å². The van der Waals surface area contributed by atoms with Crippen LogP contribution in [0.25, 0.3) is 0 Å². The first-order chi connectivity index (χ1) is 8.29. The smallest absolute Gasteiger partial charge is 0.367 e. The first-order valence-corrected chi connectivity index (χ1v) is 6.10. The summed E-state index contributed by atoms with van der Waals surface area (Å²) in [6, 6.07) is 4.16. The number of pyridine rings is 1. The second kappa shape index (κ2) is 4.44. The fourth-order valence-electron chi connectivity index (χ4n) is 2.45. The summed E-state index contributed by atoms with van der Waals surface area (Å²) >= 11 is 0. The van der Waals surface area contributed by atoms with E-state index in [0.717, 1.165) is 25.3 Å². The average Bonchev–Trinajstić information content (AvgIpc) is 2.58. The summed E-state index contributed by atoms with van der Waals surface area (Å²) in [4.78, 5) is 3.64. The number of halogens is 3. The van der Waals surface area contributed by atoms with Crippen LogP contribution in [0.15, 0.2) is 18.2 Å². The largest absolute Gasteiger partial charge is 0.433 e. The average molecular weight is 258 g/mol. The van der Waals surface area contributed by atoms with Crippen molar-refractivity contribution < 1.29 is 13.2 Å². The molecule has 0 radical (unpaired) electrons. The highest BCUT2D eigenvalue weighted by Gasteiger charge is 2.36. The van der Waals surface area contributed by atoms with Crippen LogP contribution < -0.4 is 5.32 Å². The molecule has 1 fully saturated rings. The Hall–Kier alpha value is -1.26. The van der Waals surface area contributed by atoms with Gasteiger partial charge in [0.2, 0.25) is 0 Å². The minimum absolute atomic E-state index is 0.107. The Balaban J connectivity index is 2.15. The van der Waals surface area contributed by atoms with Gasteiger partial charge in [-0.2, -0.15) is 13.2 Å². The quantitative estimate of drug-likeness (QED) is 0.864. The van der Waals surface area contributed by atoms with Crippen LogP contribution in [-0.4, -0.2) is 11.0 Å². The van der Waals surface area contributed by atoms with Crippen molar-refractivity contribution in [3.63, 3.8) is 0 Å². The molecule has 1 heterocycles. The van der Waals surface area contributed by atoms with Crippen LogP contribution in [0.3, 0.4) is 0 Å². The van der Waals surface area contributed by atoms with E-state index < -0.39 is 11.9 Å². The zero-order valence-electron chi connectivity index (χ0n) is 10.5. The van der Waals surface area contributed by atoms with Crippen molar-refractivity contribution >= 4 is 5.82 Å². The monoisotopic (exact) mass is 258 g/mol. The standard InChI is InChI=1S/C13H17F3N2/c1-12(2)8-4-6-9(12)17-11-7-3-5-10(18-11)13(14,15)16/h3,5,7,9H,4,6,8H2,1-2H3,(H,17,18). The van der Waals surface area contributed by atoms with Gasteiger partial charge in [-0.3, -0.25) is 0 Å². The second-order valence-electron chi connectivity index (χ2n) is 5.48. The predicted octanol–water partition coefficient (Wildman–Crippen LogP) is 4.09. The molecule has 1 aromatic rings. The molecule has 0 saturated heterocycles. The Morgan fingerprint density at radius 1 is 1.33 bits per heavy atom. The highest BCUT2D eigenvalue weighted by Crippen LogP contribution is 2.39. The van der Waals surface area contributed by atoms with E-state index in [2.05, 4.69) is 24.1 Å². The molecule has 100 valence electrons. The van der Waals surface area contributed by atoms with Crippen LogP contribution in [0.1, 0.15) is 38.8 Å². The van der Waals surface area contributed by atoms with E-state index in [1.807, 2.05) is 0 Å². The number of rotatable bonds is 2. The third-order valence-corrected chi connectivity index (χ3v) is 3.62. The molecule has 0 spiro atoms. The molecule has 2 rings (SSSR count). The molecule has 0 aromatic carbocycles. The van der Waals surface area contributed by atoms with Crippen LogP contribution >= 0.6 is 0 Å². The Kier molecular flexibility index (Phi) is 3.25. The number of anilines is 1. The summed E-state index contributed by atoms with van der Waals surface area (Å²) in [5, 5.41) is 3.13. The Morgan fingerprint density at radius 2 is 2.06 bits per heavy atom. The number of alkyl halides is 3. The molecule has 18 heavy (non-hydrogen) atoms. The van der Waals surface area contributed by atoms with Crippen LogP contribution in [0, 0.1) is 5.41 Å². The SMILES string of the molecule is CC1(C)CCCC1Nc1cccc(C(F)(F)F)n1. The van der Waals surface area contributed by atoms with Crippen molar-refractivity contribution in [2.45, 2.75) is 45.3 Å². The van der Waals surface area contributed by atoms with Gasteiger partial charge in [0, 0.05) is 6.04 Å². The Morgan fingerprint density at radius 3 is 2.61 bits per heavy atom. The van der Waals surface area contributed by atoms with Crippen molar-refractivity contribution in [2.24, 2.45) is 5.41 Å². The van der Waals surface area contributed by atoms with Crippen LogP contribution in [0.4, 0.5) is 19.0 Å². The lowest BCUT2D eigenvalue weighted by Crippen LogP contribution is -2.31. The summed E-state index contributed by atoms with van der Waals surface area (Å²) in [7, 11) is 0. The molecule has 1 saturated carbocycles. The third kappa shape index (κ3) is 2.76. The van der Waals surface area contributed by atoms with E-state index >= 15 is 0 Å². The highest BCUT2D eigenvalue weighted by molar-refractivity contribution is 5.38. The van der Waals surface area contributed by atoms with Gasteiger partial charge in [-0.1, -0.05) is 26.3 Å².